The van der Waals surface area contributed by atoms with E-state index in [9.17, 15) is 9.59 Å². The van der Waals surface area contributed by atoms with Crippen molar-refractivity contribution in [3.63, 3.8) is 0 Å². The number of anilines is 1. The molecule has 4 fully saturated rings. The molecular weight excluding hydrogens is 338 g/mol. The summed E-state index contributed by atoms with van der Waals surface area (Å²) in [7, 11) is 0. The molecule has 5 heteroatoms. The van der Waals surface area contributed by atoms with Crippen LogP contribution in [0, 0.1) is 17.8 Å². The number of benzene rings is 1. The smallest absolute Gasteiger partial charge is 0.315 e. The van der Waals surface area contributed by atoms with Crippen LogP contribution < -0.4 is 16.0 Å². The van der Waals surface area contributed by atoms with Gasteiger partial charge in [0, 0.05) is 24.2 Å². The number of carbonyl (C=O) groups is 2. The van der Waals surface area contributed by atoms with E-state index >= 15 is 0 Å². The zero-order chi connectivity index (χ0) is 18.9. The quantitative estimate of drug-likeness (QED) is 0.713. The lowest BCUT2D eigenvalue weighted by molar-refractivity contribution is -0.116. The Labute approximate surface area is 161 Å². The molecule has 0 heterocycles. The highest BCUT2D eigenvalue weighted by molar-refractivity contribution is 5.91. The molecule has 0 atom stereocenters. The number of carbonyl (C=O) groups excluding carboxylic acids is 2. The lowest BCUT2D eigenvalue weighted by atomic mass is 9.53. The van der Waals surface area contributed by atoms with E-state index in [0.29, 0.717) is 6.54 Å². The van der Waals surface area contributed by atoms with E-state index in [0.717, 1.165) is 49.1 Å². The number of hydrogen-bond donors (Lipinski definition) is 3. The number of urea groups is 1. The molecule has 0 unspecified atom stereocenters. The largest absolute Gasteiger partial charge is 0.338 e. The van der Waals surface area contributed by atoms with E-state index in [1.54, 1.807) is 0 Å². The van der Waals surface area contributed by atoms with Gasteiger partial charge in [-0.05, 0) is 80.4 Å². The molecule has 3 N–H and O–H groups in total. The third-order valence-corrected chi connectivity index (χ3v) is 6.67. The number of aryl methyl sites for hydroxylation is 1. The van der Waals surface area contributed by atoms with Crippen LogP contribution in [0.3, 0.4) is 0 Å². The van der Waals surface area contributed by atoms with Gasteiger partial charge in [0.15, 0.2) is 0 Å². The second-order valence-electron chi connectivity index (χ2n) is 8.93. The first-order valence-corrected chi connectivity index (χ1v) is 10.5. The molecule has 27 heavy (non-hydrogen) atoms. The van der Waals surface area contributed by atoms with Gasteiger partial charge in [0.1, 0.15) is 0 Å². The molecule has 0 saturated heterocycles. The fraction of sp³-hybridized carbons (Fsp3) is 0.636. The Balaban J connectivity index is 1.21. The molecule has 0 radical (unpaired) electrons. The van der Waals surface area contributed by atoms with Gasteiger partial charge in [-0.15, -0.1) is 0 Å². The van der Waals surface area contributed by atoms with Gasteiger partial charge in [0.25, 0.3) is 0 Å². The summed E-state index contributed by atoms with van der Waals surface area (Å²) in [5, 5.41) is 9.07. The highest BCUT2D eigenvalue weighted by Crippen LogP contribution is 2.55. The van der Waals surface area contributed by atoms with Crippen LogP contribution in [0.15, 0.2) is 24.3 Å². The molecule has 4 saturated carbocycles. The van der Waals surface area contributed by atoms with Crippen LogP contribution >= 0.6 is 0 Å². The summed E-state index contributed by atoms with van der Waals surface area (Å²) in [6.07, 6.45) is 8.73. The van der Waals surface area contributed by atoms with Crippen molar-refractivity contribution in [2.75, 3.05) is 11.9 Å². The normalized spacial score (nSPS) is 30.8. The first-order valence-electron chi connectivity index (χ1n) is 10.5. The third-order valence-electron chi connectivity index (χ3n) is 6.67. The van der Waals surface area contributed by atoms with Gasteiger partial charge in [-0.25, -0.2) is 4.79 Å². The van der Waals surface area contributed by atoms with Crippen LogP contribution in [0.4, 0.5) is 10.5 Å². The average molecular weight is 370 g/mol. The SMILES string of the molecule is CCc1cccc(NC(=O)CCNC(=O)NC23CC4CC(CC(C4)C2)C3)c1. The molecule has 1 aromatic carbocycles. The Bertz CT molecular complexity index is 680. The summed E-state index contributed by atoms with van der Waals surface area (Å²) in [6, 6.07) is 7.77. The van der Waals surface area contributed by atoms with Crippen LogP contribution in [0.5, 0.6) is 0 Å². The van der Waals surface area contributed by atoms with E-state index in [1.807, 2.05) is 24.3 Å². The Morgan fingerprint density at radius 1 is 1.07 bits per heavy atom. The second-order valence-corrected chi connectivity index (χ2v) is 8.93. The molecule has 3 amide bonds. The number of amides is 3. The van der Waals surface area contributed by atoms with Crippen molar-refractivity contribution in [1.82, 2.24) is 10.6 Å². The van der Waals surface area contributed by atoms with Gasteiger partial charge >= 0.3 is 6.03 Å². The lowest BCUT2D eigenvalue weighted by Gasteiger charge is -2.56. The zero-order valence-corrected chi connectivity index (χ0v) is 16.2. The van der Waals surface area contributed by atoms with Crippen molar-refractivity contribution in [2.24, 2.45) is 17.8 Å². The molecule has 5 rings (SSSR count). The fourth-order valence-electron chi connectivity index (χ4n) is 5.93. The highest BCUT2D eigenvalue weighted by Gasteiger charge is 2.51. The second kappa shape index (κ2) is 7.53. The molecule has 4 bridgehead atoms. The van der Waals surface area contributed by atoms with Gasteiger partial charge in [-0.1, -0.05) is 19.1 Å². The summed E-state index contributed by atoms with van der Waals surface area (Å²) in [5.74, 6) is 2.35. The van der Waals surface area contributed by atoms with Gasteiger partial charge < -0.3 is 16.0 Å². The first-order chi connectivity index (χ1) is 13.0. The summed E-state index contributed by atoms with van der Waals surface area (Å²) in [6.45, 7) is 2.45. The number of nitrogens with one attached hydrogen (secondary N) is 3. The van der Waals surface area contributed by atoms with E-state index < -0.39 is 0 Å². The average Bonchev–Trinajstić information content (AvgIpc) is 2.60. The van der Waals surface area contributed by atoms with Gasteiger partial charge in [-0.2, -0.15) is 0 Å². The van der Waals surface area contributed by atoms with Crippen molar-refractivity contribution in [3.05, 3.63) is 29.8 Å². The number of rotatable bonds is 6. The van der Waals surface area contributed by atoms with Crippen LogP contribution in [0.2, 0.25) is 0 Å². The summed E-state index contributed by atoms with van der Waals surface area (Å²) in [5.41, 5.74) is 2.03. The molecule has 4 aliphatic rings. The Hall–Kier alpha value is -2.04. The van der Waals surface area contributed by atoms with Crippen LogP contribution in [-0.2, 0) is 11.2 Å². The molecule has 146 valence electrons. The van der Waals surface area contributed by atoms with E-state index in [1.165, 1.54) is 24.8 Å². The lowest BCUT2D eigenvalue weighted by Crippen LogP contribution is -2.61. The predicted molar refractivity (Wildman–Crippen MR) is 107 cm³/mol. The summed E-state index contributed by atoms with van der Waals surface area (Å²) in [4.78, 5) is 24.5. The minimum absolute atomic E-state index is 0.0156. The van der Waals surface area contributed by atoms with E-state index in [4.69, 9.17) is 0 Å². The maximum absolute atomic E-state index is 12.4. The maximum atomic E-state index is 12.4. The summed E-state index contributed by atoms with van der Waals surface area (Å²) >= 11 is 0. The molecule has 0 aromatic heterocycles. The minimum Gasteiger partial charge on any atom is -0.338 e. The number of hydrogen-bond acceptors (Lipinski definition) is 2. The molecular formula is C22H31N3O2. The van der Waals surface area contributed by atoms with E-state index in [2.05, 4.69) is 22.9 Å². The van der Waals surface area contributed by atoms with E-state index in [-0.39, 0.29) is 23.9 Å². The van der Waals surface area contributed by atoms with Crippen molar-refractivity contribution in [2.45, 2.75) is 63.8 Å². The standard InChI is InChI=1S/C22H31N3O2/c1-2-15-4-3-5-19(11-15)24-20(26)6-7-23-21(27)25-22-12-16-8-17(13-22)10-18(9-16)14-22/h3-5,11,16-18H,2,6-10,12-14H2,1H3,(H,24,26)(H2,23,25,27). The fourth-order valence-corrected chi connectivity index (χ4v) is 5.93. The van der Waals surface area contributed by atoms with Gasteiger partial charge in [0.05, 0.1) is 0 Å². The Kier molecular flexibility index (Phi) is 5.11. The predicted octanol–water partition coefficient (Wildman–Crippen LogP) is 3.85. The monoisotopic (exact) mass is 369 g/mol. The van der Waals surface area contributed by atoms with Crippen LogP contribution in [0.1, 0.15) is 57.4 Å². The maximum Gasteiger partial charge on any atom is 0.315 e. The van der Waals surface area contributed by atoms with Gasteiger partial charge in [0.2, 0.25) is 5.91 Å². The third kappa shape index (κ3) is 4.28. The first kappa shape index (κ1) is 18.3. The summed E-state index contributed by atoms with van der Waals surface area (Å²) < 4.78 is 0. The topological polar surface area (TPSA) is 70.2 Å². The van der Waals surface area contributed by atoms with Crippen molar-refractivity contribution in [1.29, 1.82) is 0 Å². The molecule has 1 aromatic rings. The van der Waals surface area contributed by atoms with Crippen LogP contribution in [-0.4, -0.2) is 24.0 Å². The minimum atomic E-state index is -0.113. The van der Waals surface area contributed by atoms with Crippen molar-refractivity contribution in [3.8, 4) is 0 Å². The molecule has 4 aliphatic carbocycles. The zero-order valence-electron chi connectivity index (χ0n) is 16.2. The molecule has 5 nitrogen and oxygen atoms in total. The molecule has 0 spiro atoms. The van der Waals surface area contributed by atoms with Crippen LogP contribution in [0.25, 0.3) is 0 Å². The molecule has 0 aliphatic heterocycles. The Morgan fingerprint density at radius 3 is 2.37 bits per heavy atom. The van der Waals surface area contributed by atoms with Crippen molar-refractivity contribution < 1.29 is 9.59 Å². The Morgan fingerprint density at radius 2 is 1.74 bits per heavy atom. The van der Waals surface area contributed by atoms with Gasteiger partial charge in [-0.3, -0.25) is 4.79 Å². The highest BCUT2D eigenvalue weighted by atomic mass is 16.2. The van der Waals surface area contributed by atoms with Crippen molar-refractivity contribution >= 4 is 17.6 Å².